The normalized spacial score (nSPS) is 15.5. The summed E-state index contributed by atoms with van der Waals surface area (Å²) in [5.41, 5.74) is 1.74. The number of thiazole rings is 1. The van der Waals surface area contributed by atoms with Crippen molar-refractivity contribution >= 4 is 22.9 Å². The standard InChI is InChI=1S/C16H19N3O3S/c1-11-2-3-14(20)12(8-11)18-16(21)13-10-23-15(17-13)9-19-4-6-22-7-5-19/h2-3,8,10,20H,4-7,9H2,1H3,(H,18,21). The molecule has 0 bridgehead atoms. The highest BCUT2D eigenvalue weighted by molar-refractivity contribution is 7.09. The molecular weight excluding hydrogens is 314 g/mol. The van der Waals surface area contributed by atoms with Crippen LogP contribution in [0.1, 0.15) is 21.1 Å². The molecule has 1 aromatic carbocycles. The maximum atomic E-state index is 12.3. The summed E-state index contributed by atoms with van der Waals surface area (Å²) >= 11 is 1.47. The first kappa shape index (κ1) is 15.9. The summed E-state index contributed by atoms with van der Waals surface area (Å²) in [5, 5.41) is 15.2. The Hall–Kier alpha value is -1.96. The molecule has 1 aromatic heterocycles. The summed E-state index contributed by atoms with van der Waals surface area (Å²) in [5.74, 6) is -0.261. The van der Waals surface area contributed by atoms with E-state index < -0.39 is 0 Å². The number of benzene rings is 1. The molecule has 0 aliphatic carbocycles. The number of carbonyl (C=O) groups excluding carboxylic acids is 1. The number of phenolic OH excluding ortho intramolecular Hbond substituents is 1. The van der Waals surface area contributed by atoms with E-state index in [0.29, 0.717) is 11.4 Å². The number of aromatic nitrogens is 1. The van der Waals surface area contributed by atoms with Gasteiger partial charge in [-0.3, -0.25) is 9.69 Å². The predicted molar refractivity (Wildman–Crippen MR) is 89.0 cm³/mol. The fourth-order valence-electron chi connectivity index (χ4n) is 2.37. The highest BCUT2D eigenvalue weighted by Crippen LogP contribution is 2.24. The smallest absolute Gasteiger partial charge is 0.275 e. The third-order valence-electron chi connectivity index (χ3n) is 3.65. The van der Waals surface area contributed by atoms with E-state index >= 15 is 0 Å². The van der Waals surface area contributed by atoms with E-state index in [1.54, 1.807) is 23.6 Å². The number of anilines is 1. The van der Waals surface area contributed by atoms with E-state index in [-0.39, 0.29) is 11.7 Å². The minimum atomic E-state index is -0.310. The second kappa shape index (κ2) is 7.08. The SMILES string of the molecule is Cc1ccc(O)c(NC(=O)c2csc(CN3CCOCC3)n2)c1. The number of aryl methyl sites for hydroxylation is 1. The third kappa shape index (κ3) is 4.07. The lowest BCUT2D eigenvalue weighted by molar-refractivity contribution is 0.0341. The monoisotopic (exact) mass is 333 g/mol. The number of morpholine rings is 1. The molecule has 2 heterocycles. The first-order valence-corrected chi connectivity index (χ1v) is 8.35. The van der Waals surface area contributed by atoms with E-state index in [1.165, 1.54) is 11.3 Å². The molecule has 6 nitrogen and oxygen atoms in total. The Morgan fingerprint density at radius 3 is 3.00 bits per heavy atom. The number of nitrogens with one attached hydrogen (secondary N) is 1. The molecule has 2 aromatic rings. The van der Waals surface area contributed by atoms with Crippen LogP contribution in [-0.4, -0.2) is 47.2 Å². The molecule has 23 heavy (non-hydrogen) atoms. The zero-order valence-corrected chi connectivity index (χ0v) is 13.7. The van der Waals surface area contributed by atoms with Gasteiger partial charge in [0.05, 0.1) is 25.4 Å². The largest absolute Gasteiger partial charge is 0.506 e. The molecular formula is C16H19N3O3S. The van der Waals surface area contributed by atoms with Gasteiger partial charge in [0.25, 0.3) is 5.91 Å². The third-order valence-corrected chi connectivity index (χ3v) is 4.48. The molecule has 122 valence electrons. The number of carbonyl (C=O) groups is 1. The van der Waals surface area contributed by atoms with E-state index in [0.717, 1.165) is 43.4 Å². The molecule has 1 saturated heterocycles. The lowest BCUT2D eigenvalue weighted by atomic mass is 10.2. The first-order valence-electron chi connectivity index (χ1n) is 7.47. The maximum absolute atomic E-state index is 12.3. The fourth-order valence-corrected chi connectivity index (χ4v) is 3.19. The number of rotatable bonds is 4. The van der Waals surface area contributed by atoms with Crippen LogP contribution in [0.5, 0.6) is 5.75 Å². The van der Waals surface area contributed by atoms with Gasteiger partial charge in [-0.1, -0.05) is 6.07 Å². The van der Waals surface area contributed by atoms with Gasteiger partial charge in [-0.25, -0.2) is 4.98 Å². The van der Waals surface area contributed by atoms with Gasteiger partial charge in [-0.2, -0.15) is 0 Å². The van der Waals surface area contributed by atoms with Gasteiger partial charge in [0.2, 0.25) is 0 Å². The number of aromatic hydroxyl groups is 1. The van der Waals surface area contributed by atoms with Crippen LogP contribution < -0.4 is 5.32 Å². The zero-order valence-electron chi connectivity index (χ0n) is 12.9. The van der Waals surface area contributed by atoms with Crippen LogP contribution in [0.4, 0.5) is 5.69 Å². The molecule has 0 unspecified atom stereocenters. The lowest BCUT2D eigenvalue weighted by Gasteiger charge is -2.25. The molecule has 1 fully saturated rings. The summed E-state index contributed by atoms with van der Waals surface area (Å²) in [7, 11) is 0. The van der Waals surface area contributed by atoms with E-state index in [1.807, 2.05) is 6.92 Å². The molecule has 2 N–H and O–H groups in total. The van der Waals surface area contributed by atoms with Gasteiger partial charge < -0.3 is 15.2 Å². The van der Waals surface area contributed by atoms with Gasteiger partial charge in [-0.05, 0) is 24.6 Å². The highest BCUT2D eigenvalue weighted by atomic mass is 32.1. The number of phenols is 1. The summed E-state index contributed by atoms with van der Waals surface area (Å²) in [6.45, 7) is 5.89. The molecule has 1 amide bonds. The molecule has 0 saturated carbocycles. The van der Waals surface area contributed by atoms with Crippen molar-refractivity contribution in [3.8, 4) is 5.75 Å². The molecule has 3 rings (SSSR count). The van der Waals surface area contributed by atoms with Crippen LogP contribution in [0.3, 0.4) is 0 Å². The van der Waals surface area contributed by atoms with Crippen molar-refractivity contribution < 1.29 is 14.6 Å². The van der Waals surface area contributed by atoms with E-state index in [9.17, 15) is 9.90 Å². The van der Waals surface area contributed by atoms with Crippen LogP contribution in [0.2, 0.25) is 0 Å². The van der Waals surface area contributed by atoms with Crippen molar-refractivity contribution in [3.05, 3.63) is 39.8 Å². The molecule has 0 radical (unpaired) electrons. The number of ether oxygens (including phenoxy) is 1. The Kier molecular flexibility index (Phi) is 4.90. The molecule has 1 aliphatic rings. The molecule has 0 atom stereocenters. The van der Waals surface area contributed by atoms with Crippen molar-refractivity contribution in [3.63, 3.8) is 0 Å². The number of amides is 1. The van der Waals surface area contributed by atoms with Gasteiger partial charge in [0.1, 0.15) is 16.5 Å². The van der Waals surface area contributed by atoms with Crippen molar-refractivity contribution in [1.29, 1.82) is 0 Å². The second-order valence-electron chi connectivity index (χ2n) is 5.49. The first-order chi connectivity index (χ1) is 11.1. The summed E-state index contributed by atoms with van der Waals surface area (Å²) < 4.78 is 5.32. The Bertz CT molecular complexity index is 696. The minimum Gasteiger partial charge on any atom is -0.506 e. The van der Waals surface area contributed by atoms with Gasteiger partial charge >= 0.3 is 0 Å². The average molecular weight is 333 g/mol. The van der Waals surface area contributed by atoms with Crippen molar-refractivity contribution in [2.75, 3.05) is 31.6 Å². The van der Waals surface area contributed by atoms with Crippen LogP contribution >= 0.6 is 11.3 Å². The van der Waals surface area contributed by atoms with E-state index in [4.69, 9.17) is 4.74 Å². The summed E-state index contributed by atoms with van der Waals surface area (Å²) in [6.07, 6.45) is 0. The maximum Gasteiger partial charge on any atom is 0.275 e. The fraction of sp³-hybridized carbons (Fsp3) is 0.375. The minimum absolute atomic E-state index is 0.0488. The summed E-state index contributed by atoms with van der Waals surface area (Å²) in [6, 6.07) is 5.08. The number of nitrogens with zero attached hydrogens (tertiary/aromatic N) is 2. The second-order valence-corrected chi connectivity index (χ2v) is 6.43. The zero-order chi connectivity index (χ0) is 16.2. The Morgan fingerprint density at radius 1 is 1.43 bits per heavy atom. The van der Waals surface area contributed by atoms with Crippen molar-refractivity contribution in [2.45, 2.75) is 13.5 Å². The predicted octanol–water partition coefficient (Wildman–Crippen LogP) is 2.24. The average Bonchev–Trinajstić information content (AvgIpc) is 3.00. The van der Waals surface area contributed by atoms with Crippen LogP contribution in [0, 0.1) is 6.92 Å². The molecule has 0 spiro atoms. The topological polar surface area (TPSA) is 74.7 Å². The van der Waals surface area contributed by atoms with Crippen LogP contribution in [0.25, 0.3) is 0 Å². The Labute approximate surface area is 138 Å². The van der Waals surface area contributed by atoms with Crippen molar-refractivity contribution in [2.24, 2.45) is 0 Å². The van der Waals surface area contributed by atoms with Crippen LogP contribution in [-0.2, 0) is 11.3 Å². The number of hydrogen-bond acceptors (Lipinski definition) is 6. The molecule has 7 heteroatoms. The quantitative estimate of drug-likeness (QED) is 0.840. The van der Waals surface area contributed by atoms with E-state index in [2.05, 4.69) is 15.2 Å². The summed E-state index contributed by atoms with van der Waals surface area (Å²) in [4.78, 5) is 18.9. The van der Waals surface area contributed by atoms with Gasteiger partial charge in [-0.15, -0.1) is 11.3 Å². The Morgan fingerprint density at radius 2 is 2.22 bits per heavy atom. The molecule has 1 aliphatic heterocycles. The lowest BCUT2D eigenvalue weighted by Crippen LogP contribution is -2.35. The number of hydrogen-bond donors (Lipinski definition) is 2. The van der Waals surface area contributed by atoms with Gasteiger partial charge in [0, 0.05) is 18.5 Å². The van der Waals surface area contributed by atoms with Gasteiger partial charge in [0.15, 0.2) is 0 Å². The highest BCUT2D eigenvalue weighted by Gasteiger charge is 2.16. The Balaban J connectivity index is 1.65. The van der Waals surface area contributed by atoms with Crippen molar-refractivity contribution in [1.82, 2.24) is 9.88 Å². The van der Waals surface area contributed by atoms with Crippen LogP contribution in [0.15, 0.2) is 23.6 Å².